The SMILES string of the molecule is C[C@@H](NCC[C@H]1CCC(=O)O1)c1ccccc1. The van der Waals surface area contributed by atoms with Gasteiger partial charge in [-0.2, -0.15) is 0 Å². The van der Waals surface area contributed by atoms with E-state index in [2.05, 4.69) is 24.4 Å². The first kappa shape index (κ1) is 12.1. The Morgan fingerprint density at radius 3 is 2.82 bits per heavy atom. The van der Waals surface area contributed by atoms with Crippen molar-refractivity contribution in [3.05, 3.63) is 35.9 Å². The van der Waals surface area contributed by atoms with Gasteiger partial charge in [-0.25, -0.2) is 0 Å². The van der Waals surface area contributed by atoms with Gasteiger partial charge in [-0.3, -0.25) is 4.79 Å². The van der Waals surface area contributed by atoms with Crippen molar-refractivity contribution < 1.29 is 9.53 Å². The number of hydrogen-bond donors (Lipinski definition) is 1. The van der Waals surface area contributed by atoms with E-state index in [9.17, 15) is 4.79 Å². The third-order valence-electron chi connectivity index (χ3n) is 3.18. The lowest BCUT2D eigenvalue weighted by Gasteiger charge is -2.15. The summed E-state index contributed by atoms with van der Waals surface area (Å²) in [6, 6.07) is 10.7. The largest absolute Gasteiger partial charge is 0.462 e. The predicted molar refractivity (Wildman–Crippen MR) is 66.6 cm³/mol. The van der Waals surface area contributed by atoms with Crippen molar-refractivity contribution in [2.75, 3.05) is 6.54 Å². The fraction of sp³-hybridized carbons (Fsp3) is 0.500. The third-order valence-corrected chi connectivity index (χ3v) is 3.18. The average Bonchev–Trinajstić information content (AvgIpc) is 2.76. The molecule has 0 radical (unpaired) electrons. The molecule has 1 heterocycles. The summed E-state index contributed by atoms with van der Waals surface area (Å²) < 4.78 is 5.17. The van der Waals surface area contributed by atoms with E-state index in [0.717, 1.165) is 19.4 Å². The number of carbonyl (C=O) groups is 1. The maximum absolute atomic E-state index is 10.9. The zero-order valence-electron chi connectivity index (χ0n) is 10.2. The molecule has 17 heavy (non-hydrogen) atoms. The van der Waals surface area contributed by atoms with Crippen LogP contribution in [-0.4, -0.2) is 18.6 Å². The highest BCUT2D eigenvalue weighted by Gasteiger charge is 2.22. The van der Waals surface area contributed by atoms with Crippen LogP contribution < -0.4 is 5.32 Å². The molecule has 3 nitrogen and oxygen atoms in total. The summed E-state index contributed by atoms with van der Waals surface area (Å²) in [7, 11) is 0. The van der Waals surface area contributed by atoms with Crippen molar-refractivity contribution in [3.63, 3.8) is 0 Å². The molecule has 0 saturated carbocycles. The number of esters is 1. The van der Waals surface area contributed by atoms with Gasteiger partial charge >= 0.3 is 5.97 Å². The van der Waals surface area contributed by atoms with Crippen molar-refractivity contribution in [1.29, 1.82) is 0 Å². The Hall–Kier alpha value is -1.35. The van der Waals surface area contributed by atoms with Crippen LogP contribution in [0.25, 0.3) is 0 Å². The first-order chi connectivity index (χ1) is 8.25. The zero-order chi connectivity index (χ0) is 12.1. The molecule has 0 unspecified atom stereocenters. The Kier molecular flexibility index (Phi) is 4.15. The van der Waals surface area contributed by atoms with E-state index in [0.29, 0.717) is 12.5 Å². The fourth-order valence-electron chi connectivity index (χ4n) is 2.11. The zero-order valence-corrected chi connectivity index (χ0v) is 10.2. The number of hydrogen-bond acceptors (Lipinski definition) is 3. The molecule has 0 bridgehead atoms. The van der Waals surface area contributed by atoms with Crippen LogP contribution in [0, 0.1) is 0 Å². The predicted octanol–water partition coefficient (Wildman–Crippen LogP) is 2.43. The van der Waals surface area contributed by atoms with Crippen LogP contribution in [0.4, 0.5) is 0 Å². The van der Waals surface area contributed by atoms with E-state index in [4.69, 9.17) is 4.74 Å². The summed E-state index contributed by atoms with van der Waals surface area (Å²) in [6.45, 7) is 3.03. The monoisotopic (exact) mass is 233 g/mol. The van der Waals surface area contributed by atoms with E-state index in [-0.39, 0.29) is 12.1 Å². The smallest absolute Gasteiger partial charge is 0.306 e. The maximum atomic E-state index is 10.9. The minimum atomic E-state index is -0.0499. The standard InChI is InChI=1S/C14H19NO2/c1-11(12-5-3-2-4-6-12)15-10-9-13-7-8-14(16)17-13/h2-6,11,13,15H,7-10H2,1H3/t11-,13-/m1/s1. The molecule has 1 saturated heterocycles. The normalized spacial score (nSPS) is 21.2. The Labute approximate surface area is 102 Å². The van der Waals surface area contributed by atoms with Gasteiger partial charge in [0.15, 0.2) is 0 Å². The number of benzene rings is 1. The second-order valence-electron chi connectivity index (χ2n) is 4.53. The molecule has 1 aromatic carbocycles. The minimum Gasteiger partial charge on any atom is -0.462 e. The van der Waals surface area contributed by atoms with Gasteiger partial charge in [-0.15, -0.1) is 0 Å². The second kappa shape index (κ2) is 5.82. The van der Waals surface area contributed by atoms with Crippen LogP contribution in [-0.2, 0) is 9.53 Å². The van der Waals surface area contributed by atoms with Crippen molar-refractivity contribution in [2.45, 2.75) is 38.3 Å². The molecular weight excluding hydrogens is 214 g/mol. The highest BCUT2D eigenvalue weighted by molar-refractivity contribution is 5.71. The maximum Gasteiger partial charge on any atom is 0.306 e. The van der Waals surface area contributed by atoms with E-state index < -0.39 is 0 Å². The van der Waals surface area contributed by atoms with Crippen molar-refractivity contribution in [2.24, 2.45) is 0 Å². The highest BCUT2D eigenvalue weighted by Crippen LogP contribution is 2.17. The van der Waals surface area contributed by atoms with Crippen LogP contribution in [0.2, 0.25) is 0 Å². The van der Waals surface area contributed by atoms with E-state index in [1.807, 2.05) is 18.2 Å². The van der Waals surface area contributed by atoms with Crippen LogP contribution in [0.5, 0.6) is 0 Å². The molecule has 1 aliphatic heterocycles. The second-order valence-corrected chi connectivity index (χ2v) is 4.53. The molecule has 0 aliphatic carbocycles. The molecule has 2 rings (SSSR count). The number of rotatable bonds is 5. The van der Waals surface area contributed by atoms with Crippen molar-refractivity contribution in [3.8, 4) is 0 Å². The fourth-order valence-corrected chi connectivity index (χ4v) is 2.11. The first-order valence-electron chi connectivity index (χ1n) is 6.23. The van der Waals surface area contributed by atoms with Gasteiger partial charge in [0.2, 0.25) is 0 Å². The van der Waals surface area contributed by atoms with Gasteiger partial charge in [0.05, 0.1) is 0 Å². The summed E-state index contributed by atoms with van der Waals surface area (Å²) >= 11 is 0. The molecule has 0 aromatic heterocycles. The molecule has 92 valence electrons. The molecular formula is C14H19NO2. The summed E-state index contributed by atoms with van der Waals surface area (Å²) in [5.74, 6) is -0.0499. The minimum absolute atomic E-state index is 0.0499. The van der Waals surface area contributed by atoms with Crippen molar-refractivity contribution in [1.82, 2.24) is 5.32 Å². The number of ether oxygens (including phenoxy) is 1. The van der Waals surface area contributed by atoms with Gasteiger partial charge in [-0.05, 0) is 31.9 Å². The first-order valence-corrected chi connectivity index (χ1v) is 6.23. The lowest BCUT2D eigenvalue weighted by molar-refractivity contribution is -0.141. The van der Waals surface area contributed by atoms with Crippen LogP contribution in [0.15, 0.2) is 30.3 Å². The Bertz CT molecular complexity index is 364. The van der Waals surface area contributed by atoms with Gasteiger partial charge in [0.25, 0.3) is 0 Å². The summed E-state index contributed by atoms with van der Waals surface area (Å²) in [6.07, 6.45) is 2.49. The molecule has 1 N–H and O–H groups in total. The van der Waals surface area contributed by atoms with E-state index in [1.54, 1.807) is 0 Å². The molecule has 1 aromatic rings. The lowest BCUT2D eigenvalue weighted by atomic mass is 10.1. The van der Waals surface area contributed by atoms with Gasteiger partial charge in [-0.1, -0.05) is 30.3 Å². The molecule has 1 fully saturated rings. The van der Waals surface area contributed by atoms with Crippen LogP contribution >= 0.6 is 0 Å². The third kappa shape index (κ3) is 3.56. The van der Waals surface area contributed by atoms with E-state index >= 15 is 0 Å². The number of carbonyl (C=O) groups excluding carboxylic acids is 1. The van der Waals surface area contributed by atoms with Gasteiger partial charge < -0.3 is 10.1 Å². The lowest BCUT2D eigenvalue weighted by Crippen LogP contribution is -2.23. The summed E-state index contributed by atoms with van der Waals surface area (Å²) in [4.78, 5) is 10.9. The van der Waals surface area contributed by atoms with Crippen LogP contribution in [0.1, 0.15) is 37.8 Å². The molecule has 0 spiro atoms. The highest BCUT2D eigenvalue weighted by atomic mass is 16.5. The van der Waals surface area contributed by atoms with Gasteiger partial charge in [0, 0.05) is 12.5 Å². The van der Waals surface area contributed by atoms with E-state index in [1.165, 1.54) is 5.56 Å². The molecule has 3 heteroatoms. The quantitative estimate of drug-likeness (QED) is 0.794. The van der Waals surface area contributed by atoms with Crippen LogP contribution in [0.3, 0.4) is 0 Å². The average molecular weight is 233 g/mol. The number of cyclic esters (lactones) is 1. The van der Waals surface area contributed by atoms with Crippen molar-refractivity contribution >= 4 is 5.97 Å². The number of nitrogens with one attached hydrogen (secondary N) is 1. The Morgan fingerprint density at radius 2 is 2.18 bits per heavy atom. The van der Waals surface area contributed by atoms with Gasteiger partial charge in [0.1, 0.15) is 6.10 Å². The topological polar surface area (TPSA) is 38.3 Å². The Balaban J connectivity index is 1.70. The molecule has 1 aliphatic rings. The Morgan fingerprint density at radius 1 is 1.41 bits per heavy atom. The molecule has 2 atom stereocenters. The molecule has 0 amide bonds. The summed E-state index contributed by atoms with van der Waals surface area (Å²) in [5.41, 5.74) is 1.29. The summed E-state index contributed by atoms with van der Waals surface area (Å²) in [5, 5.41) is 3.45.